The molecular weight excluding hydrogens is 455 g/mol. The van der Waals surface area contributed by atoms with Crippen LogP contribution >= 0.6 is 11.8 Å². The first kappa shape index (κ1) is 23.5. The number of benzene rings is 2. The van der Waals surface area contributed by atoms with Crippen LogP contribution in [-0.4, -0.2) is 33.2 Å². The standard InChI is InChI=1S/C26H23FN2O4S/c1-4-33-25(31)19-7-11-22(12-8-19)29-16(2)13-20(17(29)3)14-23-24(30)28(26(32)34-23)15-18-5-9-21(27)10-6-18/h5-14H,4,15H2,1-3H3/b23-14-. The number of imide groups is 1. The second-order valence-corrected chi connectivity index (χ2v) is 8.82. The minimum Gasteiger partial charge on any atom is -0.462 e. The van der Waals surface area contributed by atoms with Crippen LogP contribution in [0.4, 0.5) is 9.18 Å². The molecule has 0 spiro atoms. The molecule has 1 saturated heterocycles. The molecule has 1 aliphatic heterocycles. The second kappa shape index (κ2) is 9.69. The average Bonchev–Trinajstić information content (AvgIpc) is 3.24. The summed E-state index contributed by atoms with van der Waals surface area (Å²) in [7, 11) is 0. The molecule has 0 radical (unpaired) electrons. The quantitative estimate of drug-likeness (QED) is 0.338. The number of rotatable bonds is 6. The summed E-state index contributed by atoms with van der Waals surface area (Å²) >= 11 is 0.892. The molecule has 2 amide bonds. The number of amides is 2. The summed E-state index contributed by atoms with van der Waals surface area (Å²) in [5.41, 5.74) is 4.67. The van der Waals surface area contributed by atoms with E-state index >= 15 is 0 Å². The number of hydrogen-bond acceptors (Lipinski definition) is 5. The van der Waals surface area contributed by atoms with Gasteiger partial charge in [-0.25, -0.2) is 9.18 Å². The van der Waals surface area contributed by atoms with Crippen LogP contribution in [0.3, 0.4) is 0 Å². The van der Waals surface area contributed by atoms with Crippen molar-refractivity contribution in [3.05, 3.63) is 93.4 Å². The fraction of sp³-hybridized carbons (Fsp3) is 0.192. The first-order chi connectivity index (χ1) is 16.3. The van der Waals surface area contributed by atoms with Gasteiger partial charge in [-0.3, -0.25) is 14.5 Å². The van der Waals surface area contributed by atoms with Crippen LogP contribution in [0.1, 0.15) is 39.8 Å². The van der Waals surface area contributed by atoms with Crippen LogP contribution in [0.25, 0.3) is 11.8 Å². The van der Waals surface area contributed by atoms with Crippen molar-refractivity contribution in [1.82, 2.24) is 9.47 Å². The van der Waals surface area contributed by atoms with Gasteiger partial charge in [0.1, 0.15) is 5.82 Å². The number of thioether (sulfide) groups is 1. The number of aryl methyl sites for hydroxylation is 1. The zero-order chi connectivity index (χ0) is 24.4. The smallest absolute Gasteiger partial charge is 0.338 e. The summed E-state index contributed by atoms with van der Waals surface area (Å²) < 4.78 is 20.2. The van der Waals surface area contributed by atoms with Crippen molar-refractivity contribution in [3.63, 3.8) is 0 Å². The second-order valence-electron chi connectivity index (χ2n) is 7.82. The van der Waals surface area contributed by atoms with E-state index in [9.17, 15) is 18.8 Å². The average molecular weight is 479 g/mol. The lowest BCUT2D eigenvalue weighted by atomic mass is 10.2. The molecule has 2 heterocycles. The highest BCUT2D eigenvalue weighted by atomic mass is 32.2. The number of nitrogens with zero attached hydrogens (tertiary/aromatic N) is 2. The molecular formula is C26H23FN2O4S. The largest absolute Gasteiger partial charge is 0.462 e. The molecule has 6 nitrogen and oxygen atoms in total. The van der Waals surface area contributed by atoms with Crippen LogP contribution in [0.2, 0.25) is 0 Å². The van der Waals surface area contributed by atoms with Gasteiger partial charge in [0.2, 0.25) is 0 Å². The Hall–Kier alpha value is -3.65. The van der Waals surface area contributed by atoms with Gasteiger partial charge in [-0.2, -0.15) is 0 Å². The van der Waals surface area contributed by atoms with E-state index in [0.717, 1.165) is 39.3 Å². The van der Waals surface area contributed by atoms with Crippen LogP contribution in [-0.2, 0) is 16.1 Å². The topological polar surface area (TPSA) is 68.6 Å². The Labute approximate surface area is 201 Å². The van der Waals surface area contributed by atoms with Gasteiger partial charge >= 0.3 is 5.97 Å². The molecule has 0 bridgehead atoms. The van der Waals surface area contributed by atoms with Gasteiger partial charge < -0.3 is 9.30 Å². The molecule has 34 heavy (non-hydrogen) atoms. The molecule has 8 heteroatoms. The molecule has 0 atom stereocenters. The predicted octanol–water partition coefficient (Wildman–Crippen LogP) is 5.65. The monoisotopic (exact) mass is 478 g/mol. The van der Waals surface area contributed by atoms with Crippen molar-refractivity contribution in [2.45, 2.75) is 27.3 Å². The molecule has 0 saturated carbocycles. The van der Waals surface area contributed by atoms with E-state index in [4.69, 9.17) is 4.74 Å². The van der Waals surface area contributed by atoms with E-state index in [-0.39, 0.29) is 29.5 Å². The molecule has 1 aromatic heterocycles. The highest BCUT2D eigenvalue weighted by molar-refractivity contribution is 8.18. The summed E-state index contributed by atoms with van der Waals surface area (Å²) in [5.74, 6) is -1.11. The summed E-state index contributed by atoms with van der Waals surface area (Å²) in [6, 6.07) is 14.8. The zero-order valence-electron chi connectivity index (χ0n) is 19.0. The van der Waals surface area contributed by atoms with Gasteiger partial charge in [-0.05, 0) is 92.2 Å². The lowest BCUT2D eigenvalue weighted by Crippen LogP contribution is -2.27. The van der Waals surface area contributed by atoms with E-state index < -0.39 is 0 Å². The number of carbonyl (C=O) groups is 3. The number of ether oxygens (including phenoxy) is 1. The minimum atomic E-state index is -0.372. The van der Waals surface area contributed by atoms with E-state index in [2.05, 4.69) is 0 Å². The van der Waals surface area contributed by atoms with Gasteiger partial charge in [0.05, 0.1) is 23.6 Å². The normalized spacial score (nSPS) is 14.8. The maximum Gasteiger partial charge on any atom is 0.338 e. The van der Waals surface area contributed by atoms with E-state index in [1.807, 2.05) is 36.6 Å². The summed E-state index contributed by atoms with van der Waals surface area (Å²) in [4.78, 5) is 38.8. The number of carbonyl (C=O) groups excluding carboxylic acids is 3. The maximum atomic E-state index is 13.2. The molecule has 0 aliphatic carbocycles. The lowest BCUT2D eigenvalue weighted by molar-refractivity contribution is -0.123. The third-order valence-electron chi connectivity index (χ3n) is 5.52. The van der Waals surface area contributed by atoms with E-state index in [1.165, 1.54) is 12.1 Å². The Morgan fingerprint density at radius 1 is 1.06 bits per heavy atom. The van der Waals surface area contributed by atoms with Crippen molar-refractivity contribution >= 4 is 35.0 Å². The fourth-order valence-electron chi connectivity index (χ4n) is 3.84. The molecule has 0 unspecified atom stereocenters. The zero-order valence-corrected chi connectivity index (χ0v) is 19.8. The van der Waals surface area contributed by atoms with Crippen LogP contribution in [0, 0.1) is 19.7 Å². The number of hydrogen-bond donors (Lipinski definition) is 0. The number of esters is 1. The summed E-state index contributed by atoms with van der Waals surface area (Å²) in [6.45, 7) is 6.05. The van der Waals surface area contributed by atoms with Crippen molar-refractivity contribution in [1.29, 1.82) is 0 Å². The van der Waals surface area contributed by atoms with Crippen molar-refractivity contribution in [3.8, 4) is 5.69 Å². The van der Waals surface area contributed by atoms with E-state index in [0.29, 0.717) is 22.6 Å². The van der Waals surface area contributed by atoms with Gasteiger partial charge in [0, 0.05) is 17.1 Å². The first-order valence-electron chi connectivity index (χ1n) is 10.7. The van der Waals surface area contributed by atoms with Crippen molar-refractivity contribution < 1.29 is 23.5 Å². The Balaban J connectivity index is 1.57. The Morgan fingerprint density at radius 2 is 1.74 bits per heavy atom. The number of aromatic nitrogens is 1. The molecule has 4 rings (SSSR count). The third-order valence-corrected chi connectivity index (χ3v) is 6.43. The van der Waals surface area contributed by atoms with Crippen LogP contribution in [0.5, 0.6) is 0 Å². The van der Waals surface area contributed by atoms with E-state index in [1.54, 1.807) is 37.3 Å². The van der Waals surface area contributed by atoms with Crippen LogP contribution < -0.4 is 0 Å². The molecule has 2 aromatic carbocycles. The van der Waals surface area contributed by atoms with Gasteiger partial charge in [0.25, 0.3) is 11.1 Å². The maximum absolute atomic E-state index is 13.2. The SMILES string of the molecule is CCOC(=O)c1ccc(-n2c(C)cc(/C=C3\SC(=O)N(Cc4ccc(F)cc4)C3=O)c2C)cc1. The fourth-order valence-corrected chi connectivity index (χ4v) is 4.67. The van der Waals surface area contributed by atoms with Gasteiger partial charge in [0.15, 0.2) is 0 Å². The number of halogens is 1. The van der Waals surface area contributed by atoms with Crippen molar-refractivity contribution in [2.24, 2.45) is 0 Å². The molecule has 1 aliphatic rings. The van der Waals surface area contributed by atoms with Gasteiger partial charge in [-0.15, -0.1) is 0 Å². The Morgan fingerprint density at radius 3 is 2.38 bits per heavy atom. The summed E-state index contributed by atoms with van der Waals surface area (Å²) in [5, 5.41) is -0.357. The molecule has 174 valence electrons. The highest BCUT2D eigenvalue weighted by Crippen LogP contribution is 2.34. The predicted molar refractivity (Wildman–Crippen MR) is 129 cm³/mol. The Bertz CT molecular complexity index is 1290. The Kier molecular flexibility index (Phi) is 6.70. The van der Waals surface area contributed by atoms with Crippen LogP contribution in [0.15, 0.2) is 59.5 Å². The molecule has 1 fully saturated rings. The molecule has 0 N–H and O–H groups in total. The minimum absolute atomic E-state index is 0.0914. The third kappa shape index (κ3) is 4.68. The molecule has 3 aromatic rings. The first-order valence-corrected chi connectivity index (χ1v) is 11.6. The van der Waals surface area contributed by atoms with Crippen molar-refractivity contribution in [2.75, 3.05) is 6.61 Å². The summed E-state index contributed by atoms with van der Waals surface area (Å²) in [6.07, 6.45) is 1.72. The highest BCUT2D eigenvalue weighted by Gasteiger charge is 2.35. The van der Waals surface area contributed by atoms with Gasteiger partial charge in [-0.1, -0.05) is 12.1 Å². The lowest BCUT2D eigenvalue weighted by Gasteiger charge is -2.12.